The highest BCUT2D eigenvalue weighted by atomic mass is 32.2. The van der Waals surface area contributed by atoms with Crippen molar-refractivity contribution in [3.63, 3.8) is 0 Å². The number of rotatable bonds is 8. The van der Waals surface area contributed by atoms with Gasteiger partial charge in [-0.1, -0.05) is 6.07 Å². The Kier molecular flexibility index (Phi) is 7.35. The predicted molar refractivity (Wildman–Crippen MR) is 123 cm³/mol. The van der Waals surface area contributed by atoms with Crippen LogP contribution in [0.1, 0.15) is 47.4 Å². The number of thiophene rings is 1. The molecule has 1 fully saturated rings. The second-order valence-electron chi connectivity index (χ2n) is 8.48. The monoisotopic (exact) mass is 503 g/mol. The molecule has 0 amide bonds. The highest BCUT2D eigenvalue weighted by Crippen LogP contribution is 2.51. The first-order valence-corrected chi connectivity index (χ1v) is 13.5. The highest BCUT2D eigenvalue weighted by molar-refractivity contribution is 7.89. The van der Waals surface area contributed by atoms with E-state index in [2.05, 4.69) is 15.4 Å². The average molecular weight is 504 g/mol. The van der Waals surface area contributed by atoms with Crippen molar-refractivity contribution in [2.45, 2.75) is 43.7 Å². The maximum absolute atomic E-state index is 13.4. The molecule has 0 unspecified atom stereocenters. The summed E-state index contributed by atoms with van der Waals surface area (Å²) in [6, 6.07) is 7.60. The standard InChI is InChI=1S/C22H28F3N3O3S2/c1-26-9-3-11-33(29,30)27-13-15-6-7-16-20(19-4-2-10-32-19)28-18-8-5-14(22(23,24)25)12-17(18)21(16)31-15/h2,4-5,8,10,12,15-16,20-21,26-28H,3,6-7,9,11,13H2,1H3/t15-,16+,20-,21+/m1/s1. The Hall–Kier alpha value is -1.66. The fraction of sp³-hybridized carbons (Fsp3) is 0.545. The van der Waals surface area contributed by atoms with E-state index in [4.69, 9.17) is 4.74 Å². The molecule has 11 heteroatoms. The third kappa shape index (κ3) is 5.71. The fourth-order valence-electron chi connectivity index (χ4n) is 4.56. The quantitative estimate of drug-likeness (QED) is 0.468. The summed E-state index contributed by atoms with van der Waals surface area (Å²) in [6.45, 7) is 0.705. The summed E-state index contributed by atoms with van der Waals surface area (Å²) < 4.78 is 73.6. The Bertz CT molecular complexity index is 1040. The SMILES string of the molecule is CNCCCS(=O)(=O)NC[C@H]1CC[C@@H]2[C@H](O1)c1cc(C(F)(F)F)ccc1N[C@H]2c1cccs1. The first-order chi connectivity index (χ1) is 15.7. The van der Waals surface area contributed by atoms with Gasteiger partial charge in [-0.05, 0) is 62.5 Å². The van der Waals surface area contributed by atoms with Crippen LogP contribution < -0.4 is 15.4 Å². The van der Waals surface area contributed by atoms with Crippen molar-refractivity contribution < 1.29 is 26.3 Å². The van der Waals surface area contributed by atoms with E-state index in [1.807, 2.05) is 17.5 Å². The molecular weight excluding hydrogens is 475 g/mol. The molecule has 1 aromatic carbocycles. The molecule has 4 rings (SSSR count). The molecule has 2 aliphatic rings. The second-order valence-corrected chi connectivity index (χ2v) is 11.4. The van der Waals surface area contributed by atoms with Crippen molar-refractivity contribution in [1.29, 1.82) is 0 Å². The van der Waals surface area contributed by atoms with Crippen molar-refractivity contribution in [1.82, 2.24) is 10.0 Å². The molecule has 2 aromatic rings. The minimum Gasteiger partial charge on any atom is -0.377 e. The molecule has 1 saturated heterocycles. The van der Waals surface area contributed by atoms with Crippen molar-refractivity contribution >= 4 is 27.0 Å². The van der Waals surface area contributed by atoms with Gasteiger partial charge < -0.3 is 15.4 Å². The first-order valence-electron chi connectivity index (χ1n) is 11.0. The van der Waals surface area contributed by atoms with Gasteiger partial charge in [-0.25, -0.2) is 13.1 Å². The smallest absolute Gasteiger partial charge is 0.377 e. The molecule has 6 nitrogen and oxygen atoms in total. The van der Waals surface area contributed by atoms with Crippen LogP contribution in [0.3, 0.4) is 0 Å². The molecule has 33 heavy (non-hydrogen) atoms. The minimum atomic E-state index is -4.45. The molecule has 1 aromatic heterocycles. The summed E-state index contributed by atoms with van der Waals surface area (Å²) in [6.07, 6.45) is -3.59. The first kappa shape index (κ1) is 24.5. The summed E-state index contributed by atoms with van der Waals surface area (Å²) in [5, 5.41) is 8.31. The van der Waals surface area contributed by atoms with Gasteiger partial charge in [-0.3, -0.25) is 0 Å². The fourth-order valence-corrected chi connectivity index (χ4v) is 6.52. The molecule has 3 N–H and O–H groups in total. The number of fused-ring (bicyclic) bond motifs is 3. The molecule has 4 atom stereocenters. The van der Waals surface area contributed by atoms with Crippen LogP contribution in [0.2, 0.25) is 0 Å². The second kappa shape index (κ2) is 9.91. The van der Waals surface area contributed by atoms with E-state index in [9.17, 15) is 21.6 Å². The lowest BCUT2D eigenvalue weighted by Crippen LogP contribution is -2.43. The zero-order valence-electron chi connectivity index (χ0n) is 18.2. The summed E-state index contributed by atoms with van der Waals surface area (Å²) >= 11 is 1.60. The maximum Gasteiger partial charge on any atom is 0.416 e. The number of alkyl halides is 3. The van der Waals surface area contributed by atoms with Crippen LogP contribution in [0.4, 0.5) is 18.9 Å². The summed E-state index contributed by atoms with van der Waals surface area (Å²) in [5.41, 5.74) is 0.382. The van der Waals surface area contributed by atoms with E-state index >= 15 is 0 Å². The molecule has 0 saturated carbocycles. The van der Waals surface area contributed by atoms with Crippen molar-refractivity contribution in [2.75, 3.05) is 31.2 Å². The van der Waals surface area contributed by atoms with Gasteiger partial charge in [0.1, 0.15) is 0 Å². The molecule has 0 spiro atoms. The van der Waals surface area contributed by atoms with E-state index in [1.54, 1.807) is 18.4 Å². The number of hydrogen-bond acceptors (Lipinski definition) is 6. The van der Waals surface area contributed by atoms with Gasteiger partial charge in [0, 0.05) is 28.6 Å². The number of sulfonamides is 1. The normalized spacial score (nSPS) is 25.2. The Balaban J connectivity index is 1.55. The molecule has 0 aliphatic carbocycles. The number of hydrogen-bond donors (Lipinski definition) is 3. The third-order valence-electron chi connectivity index (χ3n) is 6.19. The molecular formula is C22H28F3N3O3S2. The lowest BCUT2D eigenvalue weighted by Gasteiger charge is -2.45. The predicted octanol–water partition coefficient (Wildman–Crippen LogP) is 4.30. The molecule has 3 heterocycles. The number of halogens is 3. The van der Waals surface area contributed by atoms with E-state index in [0.717, 1.165) is 17.0 Å². The van der Waals surface area contributed by atoms with Gasteiger partial charge in [0.15, 0.2) is 0 Å². The van der Waals surface area contributed by atoms with Crippen LogP contribution in [0, 0.1) is 5.92 Å². The summed E-state index contributed by atoms with van der Waals surface area (Å²) in [4.78, 5) is 1.10. The zero-order chi connectivity index (χ0) is 23.6. The zero-order valence-corrected chi connectivity index (χ0v) is 19.8. The van der Waals surface area contributed by atoms with Gasteiger partial charge >= 0.3 is 6.18 Å². The van der Waals surface area contributed by atoms with Crippen LogP contribution in [-0.2, 0) is 20.9 Å². The topological polar surface area (TPSA) is 79.5 Å². The van der Waals surface area contributed by atoms with E-state index in [0.29, 0.717) is 37.1 Å². The van der Waals surface area contributed by atoms with Crippen molar-refractivity contribution in [2.24, 2.45) is 5.92 Å². The average Bonchev–Trinajstić information content (AvgIpc) is 3.31. The van der Waals surface area contributed by atoms with E-state index in [1.165, 1.54) is 6.07 Å². The van der Waals surface area contributed by atoms with Crippen molar-refractivity contribution in [3.8, 4) is 0 Å². The summed E-state index contributed by atoms with van der Waals surface area (Å²) in [7, 11) is -1.68. The Morgan fingerprint density at radius 2 is 2.06 bits per heavy atom. The van der Waals surface area contributed by atoms with E-state index in [-0.39, 0.29) is 24.3 Å². The Morgan fingerprint density at radius 1 is 1.24 bits per heavy atom. The number of benzene rings is 1. The van der Waals surface area contributed by atoms with Crippen LogP contribution in [0.15, 0.2) is 35.7 Å². The number of anilines is 1. The molecule has 0 radical (unpaired) electrons. The van der Waals surface area contributed by atoms with Gasteiger partial charge in [0.05, 0.1) is 29.6 Å². The Labute approximate surface area is 196 Å². The van der Waals surface area contributed by atoms with Gasteiger partial charge in [0.2, 0.25) is 10.0 Å². The lowest BCUT2D eigenvalue weighted by molar-refractivity contribution is -0.138. The van der Waals surface area contributed by atoms with Gasteiger partial charge in [-0.15, -0.1) is 11.3 Å². The maximum atomic E-state index is 13.4. The minimum absolute atomic E-state index is 0.00869. The van der Waals surface area contributed by atoms with Crippen LogP contribution in [-0.4, -0.2) is 40.4 Å². The molecule has 2 aliphatic heterocycles. The van der Waals surface area contributed by atoms with E-state index < -0.39 is 34.0 Å². The van der Waals surface area contributed by atoms with Crippen molar-refractivity contribution in [3.05, 3.63) is 51.7 Å². The number of ether oxygens (including phenoxy) is 1. The third-order valence-corrected chi connectivity index (χ3v) is 8.58. The number of nitrogens with one attached hydrogen (secondary N) is 3. The largest absolute Gasteiger partial charge is 0.416 e. The van der Waals surface area contributed by atoms with Gasteiger partial charge in [-0.2, -0.15) is 13.2 Å². The van der Waals surface area contributed by atoms with Crippen LogP contribution in [0.25, 0.3) is 0 Å². The molecule has 182 valence electrons. The highest BCUT2D eigenvalue weighted by Gasteiger charge is 2.44. The lowest BCUT2D eigenvalue weighted by atomic mass is 9.78. The van der Waals surface area contributed by atoms with Gasteiger partial charge in [0.25, 0.3) is 0 Å². The Morgan fingerprint density at radius 3 is 2.76 bits per heavy atom. The van der Waals surface area contributed by atoms with Crippen LogP contribution >= 0.6 is 11.3 Å². The molecule has 0 bridgehead atoms. The van der Waals surface area contributed by atoms with Crippen LogP contribution in [0.5, 0.6) is 0 Å². The summed E-state index contributed by atoms with van der Waals surface area (Å²) in [5.74, 6) is -0.0440.